The maximum atomic E-state index is 6.40. The van der Waals surface area contributed by atoms with E-state index >= 15 is 0 Å². The summed E-state index contributed by atoms with van der Waals surface area (Å²) in [4.78, 5) is 4.75. The van der Waals surface area contributed by atoms with Crippen LogP contribution in [0.2, 0.25) is 51.4 Å². The molecule has 0 amide bonds. The normalized spacial score (nSPS) is 17.4. The summed E-state index contributed by atoms with van der Waals surface area (Å²) >= 11 is 0. The van der Waals surface area contributed by atoms with Gasteiger partial charge in [0.05, 0.1) is 23.1 Å². The van der Waals surface area contributed by atoms with E-state index in [-0.39, 0.29) is 0 Å². The van der Waals surface area contributed by atoms with Gasteiger partial charge in [-0.2, -0.15) is 10.2 Å². The highest BCUT2D eigenvalue weighted by molar-refractivity contribution is 6.76. The van der Waals surface area contributed by atoms with Crippen LogP contribution in [0.25, 0.3) is 22.3 Å². The van der Waals surface area contributed by atoms with Crippen LogP contribution < -0.4 is 5.46 Å². The molecule has 0 atom stereocenters. The molecule has 1 fully saturated rings. The molecule has 4 rings (SSSR count). The fraction of sp³-hybridized carbons (Fsp3) is 0.667. The average Bonchev–Trinajstić information content (AvgIpc) is 3.46. The van der Waals surface area contributed by atoms with Crippen molar-refractivity contribution in [1.29, 1.82) is 0 Å². The number of rotatable bonds is 12. The van der Waals surface area contributed by atoms with Gasteiger partial charge in [0.25, 0.3) is 0 Å². The van der Waals surface area contributed by atoms with Gasteiger partial charge < -0.3 is 18.8 Å². The fourth-order valence-corrected chi connectivity index (χ4v) is 5.64. The minimum atomic E-state index is -1.17. The van der Waals surface area contributed by atoms with E-state index in [4.69, 9.17) is 28.9 Å². The van der Waals surface area contributed by atoms with Crippen molar-refractivity contribution in [2.24, 2.45) is 0 Å². The largest absolute Gasteiger partial charge is 0.498 e. The van der Waals surface area contributed by atoms with Gasteiger partial charge in [-0.25, -0.2) is 14.3 Å². The molecule has 0 spiro atoms. The van der Waals surface area contributed by atoms with E-state index < -0.39 is 34.5 Å². The first kappa shape index (κ1) is 30.1. The summed E-state index contributed by atoms with van der Waals surface area (Å²) in [7, 11) is -2.85. The Labute approximate surface area is 235 Å². The van der Waals surface area contributed by atoms with Crippen molar-refractivity contribution in [2.45, 2.75) is 104 Å². The Balaban J connectivity index is 1.57. The Morgan fingerprint density at radius 2 is 1.46 bits per heavy atom. The third kappa shape index (κ3) is 7.47. The monoisotopic (exact) mass is 571 g/mol. The summed E-state index contributed by atoms with van der Waals surface area (Å²) in [5, 5.41) is 10.4. The molecule has 0 bridgehead atoms. The summed E-state index contributed by atoms with van der Waals surface area (Å²) in [5.74, 6) is 0. The average molecular weight is 572 g/mol. The molecule has 0 aliphatic carbocycles. The Hall–Kier alpha value is -1.83. The van der Waals surface area contributed by atoms with Gasteiger partial charge in [-0.05, 0) is 45.8 Å². The highest BCUT2D eigenvalue weighted by atomic mass is 28.3. The molecule has 39 heavy (non-hydrogen) atoms. The second kappa shape index (κ2) is 11.2. The van der Waals surface area contributed by atoms with Gasteiger partial charge in [0.2, 0.25) is 0 Å². The third-order valence-electron chi connectivity index (χ3n) is 7.48. The van der Waals surface area contributed by atoms with Crippen LogP contribution in [0.3, 0.4) is 0 Å². The van der Waals surface area contributed by atoms with Crippen molar-refractivity contribution in [2.75, 3.05) is 13.2 Å². The number of aromatic nitrogens is 5. The molecule has 0 aromatic carbocycles. The number of nitrogens with zero attached hydrogens (tertiary/aromatic N) is 5. The van der Waals surface area contributed by atoms with Crippen LogP contribution in [0.5, 0.6) is 0 Å². The van der Waals surface area contributed by atoms with Gasteiger partial charge in [0.1, 0.15) is 13.5 Å². The molecule has 0 radical (unpaired) electrons. The van der Waals surface area contributed by atoms with Crippen LogP contribution >= 0.6 is 0 Å². The predicted molar refractivity (Wildman–Crippen MR) is 163 cm³/mol. The maximum Gasteiger partial charge on any atom is 0.498 e. The highest BCUT2D eigenvalue weighted by Crippen LogP contribution is 2.37. The maximum absolute atomic E-state index is 6.40. The van der Waals surface area contributed by atoms with Crippen LogP contribution in [0.4, 0.5) is 0 Å². The molecule has 214 valence electrons. The van der Waals surface area contributed by atoms with Crippen molar-refractivity contribution in [3.8, 4) is 11.3 Å². The van der Waals surface area contributed by atoms with E-state index in [2.05, 4.69) is 78.1 Å². The smallest absolute Gasteiger partial charge is 0.399 e. The van der Waals surface area contributed by atoms with Crippen LogP contribution in [-0.2, 0) is 32.2 Å². The third-order valence-corrected chi connectivity index (χ3v) is 10.9. The number of hydrogen-bond donors (Lipinski definition) is 0. The molecule has 0 saturated carbocycles. The molecule has 3 aromatic rings. The summed E-state index contributed by atoms with van der Waals surface area (Å²) in [5.41, 5.74) is 2.40. The molecule has 3 aromatic heterocycles. The molecule has 1 aliphatic heterocycles. The minimum absolute atomic E-state index is 0.374. The molecular weight excluding hydrogens is 525 g/mol. The Morgan fingerprint density at radius 1 is 0.872 bits per heavy atom. The summed E-state index contributed by atoms with van der Waals surface area (Å²) in [6, 6.07) is 4.30. The zero-order chi connectivity index (χ0) is 28.6. The van der Waals surface area contributed by atoms with Crippen LogP contribution in [0, 0.1) is 0 Å². The van der Waals surface area contributed by atoms with Gasteiger partial charge in [0, 0.05) is 58.2 Å². The first-order valence-corrected chi connectivity index (χ1v) is 21.4. The van der Waals surface area contributed by atoms with E-state index in [1.807, 2.05) is 28.0 Å². The molecule has 0 N–H and O–H groups in total. The van der Waals surface area contributed by atoms with E-state index in [0.29, 0.717) is 13.5 Å². The topological polar surface area (TPSA) is 85.5 Å². The van der Waals surface area contributed by atoms with Gasteiger partial charge in [-0.1, -0.05) is 39.3 Å². The summed E-state index contributed by atoms with van der Waals surface area (Å²) in [6.07, 6.45) is 5.65. The van der Waals surface area contributed by atoms with Gasteiger partial charge >= 0.3 is 7.12 Å². The molecule has 12 heteroatoms. The van der Waals surface area contributed by atoms with Crippen molar-refractivity contribution in [3.63, 3.8) is 0 Å². The van der Waals surface area contributed by atoms with Gasteiger partial charge in [-0.3, -0.25) is 0 Å². The van der Waals surface area contributed by atoms with Crippen LogP contribution in [0.15, 0.2) is 24.7 Å². The standard InChI is InChI=1S/C27H46BN5O4Si2/c1-26(2)27(3,4)37-28(36-26)23-18-32(19-34-11-13-38(5,6)7)31-24(23)21-15-22-17-30-33(25(22)29-16-21)20-35-12-14-39(8,9)10/h15-18H,11-14,19-20H2,1-10H3. The van der Waals surface area contributed by atoms with Gasteiger partial charge in [-0.15, -0.1) is 0 Å². The summed E-state index contributed by atoms with van der Waals surface area (Å²) in [6.45, 7) is 24.6. The van der Waals surface area contributed by atoms with Crippen LogP contribution in [0.1, 0.15) is 27.7 Å². The minimum Gasteiger partial charge on any atom is -0.399 e. The first-order chi connectivity index (χ1) is 18.0. The lowest BCUT2D eigenvalue weighted by molar-refractivity contribution is 0.00578. The fourth-order valence-electron chi connectivity index (χ4n) is 4.13. The lowest BCUT2D eigenvalue weighted by Crippen LogP contribution is -2.41. The quantitative estimate of drug-likeness (QED) is 0.218. The molecule has 4 heterocycles. The molecular formula is C27H46BN5O4Si2. The van der Waals surface area contributed by atoms with Crippen LogP contribution in [-0.4, -0.2) is 72.2 Å². The van der Waals surface area contributed by atoms with E-state index in [1.165, 1.54) is 0 Å². The number of hydrogen-bond acceptors (Lipinski definition) is 7. The second-order valence-corrected chi connectivity index (χ2v) is 25.3. The molecule has 0 unspecified atom stereocenters. The highest BCUT2D eigenvalue weighted by Gasteiger charge is 2.53. The Kier molecular flexibility index (Phi) is 8.66. The SMILES string of the molecule is CC1(C)OB(c2cn(COCC[Si](C)(C)C)nc2-c2cnc3c(cnn3COCC[Si](C)(C)C)c2)OC1(C)C. The lowest BCUT2D eigenvalue weighted by Gasteiger charge is -2.32. The van der Waals surface area contributed by atoms with E-state index in [9.17, 15) is 0 Å². The van der Waals surface area contributed by atoms with E-state index in [1.54, 1.807) is 0 Å². The number of fused-ring (bicyclic) bond motifs is 1. The molecule has 1 saturated heterocycles. The van der Waals surface area contributed by atoms with Gasteiger partial charge in [0.15, 0.2) is 5.65 Å². The molecule has 9 nitrogen and oxygen atoms in total. The Bertz CT molecular complexity index is 1260. The Morgan fingerprint density at radius 3 is 2.05 bits per heavy atom. The first-order valence-electron chi connectivity index (χ1n) is 14.0. The summed E-state index contributed by atoms with van der Waals surface area (Å²) < 4.78 is 28.4. The zero-order valence-electron chi connectivity index (χ0n) is 25.5. The van der Waals surface area contributed by atoms with Crippen molar-refractivity contribution < 1.29 is 18.8 Å². The van der Waals surface area contributed by atoms with Crippen molar-refractivity contribution in [3.05, 3.63) is 24.7 Å². The van der Waals surface area contributed by atoms with Crippen molar-refractivity contribution >= 4 is 39.8 Å². The van der Waals surface area contributed by atoms with E-state index in [0.717, 1.165) is 53.1 Å². The second-order valence-electron chi connectivity index (χ2n) is 14.0. The number of ether oxygens (including phenoxy) is 2. The molecule has 1 aliphatic rings. The lowest BCUT2D eigenvalue weighted by atomic mass is 9.78. The number of pyridine rings is 1. The predicted octanol–water partition coefficient (Wildman–Crippen LogP) is 5.22. The zero-order valence-corrected chi connectivity index (χ0v) is 27.5. The van der Waals surface area contributed by atoms with Crippen molar-refractivity contribution in [1.82, 2.24) is 24.5 Å².